The second-order valence-corrected chi connectivity index (χ2v) is 8.54. The number of ether oxygens (including phenoxy) is 1. The van der Waals surface area contributed by atoms with Crippen molar-refractivity contribution in [3.63, 3.8) is 0 Å². The van der Waals surface area contributed by atoms with Gasteiger partial charge in [-0.3, -0.25) is 0 Å². The van der Waals surface area contributed by atoms with E-state index >= 15 is 0 Å². The molecule has 0 aromatic heterocycles. The molecule has 1 saturated heterocycles. The van der Waals surface area contributed by atoms with Crippen LogP contribution in [-0.4, -0.2) is 21.5 Å². The van der Waals surface area contributed by atoms with Crippen LogP contribution in [0.5, 0.6) is 11.5 Å². The third-order valence-electron chi connectivity index (χ3n) is 5.18. The number of phenols is 1. The standard InChI is InChI=1S/C21H24N2O2S/c1-13-5-4-6-14(9-13)17-11-21(12-20(2,3)22-19(26)23-21)25-18-10-15(24)7-8-16(17)18/h4-10,17,24H,11-12H2,1-3H3,(H2,22,23,26)/t17-,21-/m0/s1. The number of hydrogen-bond donors (Lipinski definition) is 3. The molecule has 0 bridgehead atoms. The van der Waals surface area contributed by atoms with Gasteiger partial charge in [-0.2, -0.15) is 0 Å². The van der Waals surface area contributed by atoms with Crippen molar-refractivity contribution in [1.29, 1.82) is 0 Å². The third-order valence-corrected chi connectivity index (χ3v) is 5.38. The Labute approximate surface area is 159 Å². The Balaban J connectivity index is 1.83. The summed E-state index contributed by atoms with van der Waals surface area (Å²) in [7, 11) is 0. The van der Waals surface area contributed by atoms with E-state index in [1.807, 2.05) is 6.07 Å². The molecule has 0 aliphatic carbocycles. The van der Waals surface area contributed by atoms with Crippen LogP contribution in [0.2, 0.25) is 0 Å². The number of nitrogens with one attached hydrogen (secondary N) is 2. The van der Waals surface area contributed by atoms with Crippen LogP contribution >= 0.6 is 12.2 Å². The molecule has 2 aliphatic rings. The van der Waals surface area contributed by atoms with Crippen molar-refractivity contribution in [2.75, 3.05) is 0 Å². The molecule has 2 aromatic carbocycles. The Morgan fingerprint density at radius 2 is 1.96 bits per heavy atom. The molecule has 2 atom stereocenters. The molecule has 1 fully saturated rings. The number of thiocarbonyl (C=S) groups is 1. The van der Waals surface area contributed by atoms with E-state index in [1.54, 1.807) is 12.1 Å². The average Bonchev–Trinajstić information content (AvgIpc) is 2.51. The molecule has 2 aliphatic heterocycles. The van der Waals surface area contributed by atoms with Gasteiger partial charge in [0.2, 0.25) is 0 Å². The molecule has 1 spiro atoms. The lowest BCUT2D eigenvalue weighted by atomic mass is 9.77. The Bertz CT molecular complexity index is 880. The van der Waals surface area contributed by atoms with Gasteiger partial charge in [-0.05, 0) is 44.6 Å². The van der Waals surface area contributed by atoms with Crippen LogP contribution in [0.4, 0.5) is 0 Å². The minimum atomic E-state index is -0.596. The molecule has 0 radical (unpaired) electrons. The van der Waals surface area contributed by atoms with E-state index in [2.05, 4.69) is 55.7 Å². The van der Waals surface area contributed by atoms with Gasteiger partial charge in [-0.25, -0.2) is 0 Å². The second kappa shape index (κ2) is 5.88. The number of hydrogen-bond acceptors (Lipinski definition) is 3. The molecule has 0 saturated carbocycles. The van der Waals surface area contributed by atoms with Gasteiger partial charge in [0.15, 0.2) is 10.8 Å². The highest BCUT2D eigenvalue weighted by molar-refractivity contribution is 7.80. The Morgan fingerprint density at radius 3 is 2.69 bits per heavy atom. The van der Waals surface area contributed by atoms with Gasteiger partial charge >= 0.3 is 0 Å². The van der Waals surface area contributed by atoms with Crippen molar-refractivity contribution in [2.45, 2.75) is 50.8 Å². The van der Waals surface area contributed by atoms with Crippen molar-refractivity contribution in [3.05, 3.63) is 59.2 Å². The molecular weight excluding hydrogens is 344 g/mol. The zero-order valence-corrected chi connectivity index (χ0v) is 16.1. The Morgan fingerprint density at radius 1 is 1.15 bits per heavy atom. The van der Waals surface area contributed by atoms with E-state index in [4.69, 9.17) is 17.0 Å². The number of phenolic OH excluding ortho intramolecular Hbond substituents is 1. The average molecular weight is 369 g/mol. The molecule has 4 nitrogen and oxygen atoms in total. The molecule has 4 rings (SSSR count). The first-order valence-electron chi connectivity index (χ1n) is 8.94. The van der Waals surface area contributed by atoms with Crippen LogP contribution in [0.25, 0.3) is 0 Å². The summed E-state index contributed by atoms with van der Waals surface area (Å²) in [5.41, 5.74) is 2.82. The number of aryl methyl sites for hydroxylation is 1. The summed E-state index contributed by atoms with van der Waals surface area (Å²) in [6.45, 7) is 6.37. The molecule has 2 aromatic rings. The van der Waals surface area contributed by atoms with Crippen LogP contribution in [-0.2, 0) is 0 Å². The molecular formula is C21H24N2O2S. The third kappa shape index (κ3) is 3.12. The molecule has 0 unspecified atom stereocenters. The van der Waals surface area contributed by atoms with Gasteiger partial charge in [-0.15, -0.1) is 0 Å². The lowest BCUT2D eigenvalue weighted by Gasteiger charge is -2.50. The fourth-order valence-electron chi connectivity index (χ4n) is 4.31. The summed E-state index contributed by atoms with van der Waals surface area (Å²) in [6, 6.07) is 14.0. The maximum Gasteiger partial charge on any atom is 0.185 e. The van der Waals surface area contributed by atoms with Crippen molar-refractivity contribution in [3.8, 4) is 11.5 Å². The normalized spacial score (nSPS) is 26.4. The number of rotatable bonds is 1. The maximum atomic E-state index is 9.99. The number of benzene rings is 2. The molecule has 26 heavy (non-hydrogen) atoms. The SMILES string of the molecule is Cc1cccc([C@@H]2C[C@@]3(CC(C)(C)NC(=S)N3)Oc3cc(O)ccc32)c1. The summed E-state index contributed by atoms with van der Waals surface area (Å²) >= 11 is 5.46. The number of fused-ring (bicyclic) bond motifs is 1. The fraction of sp³-hybridized carbons (Fsp3) is 0.381. The lowest BCUT2D eigenvalue weighted by Crippen LogP contribution is -2.69. The zero-order valence-electron chi connectivity index (χ0n) is 15.3. The molecule has 0 amide bonds. The molecule has 2 heterocycles. The van der Waals surface area contributed by atoms with E-state index in [1.165, 1.54) is 11.1 Å². The van der Waals surface area contributed by atoms with E-state index in [0.29, 0.717) is 5.11 Å². The van der Waals surface area contributed by atoms with Crippen molar-refractivity contribution >= 4 is 17.3 Å². The smallest absolute Gasteiger partial charge is 0.185 e. The van der Waals surface area contributed by atoms with Crippen molar-refractivity contribution in [2.24, 2.45) is 0 Å². The highest BCUT2D eigenvalue weighted by Gasteiger charge is 2.48. The molecule has 5 heteroatoms. The monoisotopic (exact) mass is 368 g/mol. The first-order valence-corrected chi connectivity index (χ1v) is 9.35. The fourth-order valence-corrected chi connectivity index (χ4v) is 4.77. The molecule has 136 valence electrons. The van der Waals surface area contributed by atoms with Crippen LogP contribution in [0, 0.1) is 6.92 Å². The summed E-state index contributed by atoms with van der Waals surface area (Å²) in [6.07, 6.45) is 1.54. The first-order chi connectivity index (χ1) is 12.3. The van der Waals surface area contributed by atoms with E-state index in [9.17, 15) is 5.11 Å². The summed E-state index contributed by atoms with van der Waals surface area (Å²) in [5, 5.41) is 17.3. The predicted octanol–water partition coefficient (Wildman–Crippen LogP) is 3.96. The maximum absolute atomic E-state index is 9.99. The van der Waals surface area contributed by atoms with E-state index in [-0.39, 0.29) is 17.2 Å². The Hall–Kier alpha value is -2.27. The minimum Gasteiger partial charge on any atom is -0.508 e. The summed E-state index contributed by atoms with van der Waals surface area (Å²) < 4.78 is 6.43. The van der Waals surface area contributed by atoms with Crippen LogP contribution in [0.15, 0.2) is 42.5 Å². The lowest BCUT2D eigenvalue weighted by molar-refractivity contribution is -0.0128. The summed E-state index contributed by atoms with van der Waals surface area (Å²) in [4.78, 5) is 0. The highest BCUT2D eigenvalue weighted by atomic mass is 32.1. The molecule has 3 N–H and O–H groups in total. The number of aromatic hydroxyl groups is 1. The topological polar surface area (TPSA) is 53.5 Å². The first kappa shape index (κ1) is 17.2. The minimum absolute atomic E-state index is 0.170. The van der Waals surface area contributed by atoms with Gasteiger partial charge in [0, 0.05) is 35.9 Å². The van der Waals surface area contributed by atoms with Crippen molar-refractivity contribution < 1.29 is 9.84 Å². The van der Waals surface area contributed by atoms with E-state index < -0.39 is 5.72 Å². The Kier molecular flexibility index (Phi) is 3.88. The van der Waals surface area contributed by atoms with E-state index in [0.717, 1.165) is 24.2 Å². The second-order valence-electron chi connectivity index (χ2n) is 8.13. The van der Waals surface area contributed by atoms with Gasteiger partial charge < -0.3 is 20.5 Å². The largest absolute Gasteiger partial charge is 0.508 e. The zero-order chi connectivity index (χ0) is 18.5. The summed E-state index contributed by atoms with van der Waals surface area (Å²) in [5.74, 6) is 1.10. The highest BCUT2D eigenvalue weighted by Crippen LogP contribution is 2.47. The van der Waals surface area contributed by atoms with Gasteiger partial charge in [0.05, 0.1) is 0 Å². The van der Waals surface area contributed by atoms with Gasteiger partial charge in [0.25, 0.3) is 0 Å². The predicted molar refractivity (Wildman–Crippen MR) is 107 cm³/mol. The van der Waals surface area contributed by atoms with Crippen LogP contribution in [0.1, 0.15) is 49.3 Å². The van der Waals surface area contributed by atoms with Gasteiger partial charge in [-0.1, -0.05) is 35.9 Å². The van der Waals surface area contributed by atoms with Crippen LogP contribution in [0.3, 0.4) is 0 Å². The van der Waals surface area contributed by atoms with Crippen LogP contribution < -0.4 is 15.4 Å². The van der Waals surface area contributed by atoms with Crippen molar-refractivity contribution in [1.82, 2.24) is 10.6 Å². The quantitative estimate of drug-likeness (QED) is 0.665. The van der Waals surface area contributed by atoms with Gasteiger partial charge in [0.1, 0.15) is 11.5 Å².